The van der Waals surface area contributed by atoms with Gasteiger partial charge < -0.3 is 9.42 Å². The van der Waals surface area contributed by atoms with Crippen LogP contribution < -0.4 is 0 Å². The van der Waals surface area contributed by atoms with Gasteiger partial charge in [-0.2, -0.15) is 0 Å². The van der Waals surface area contributed by atoms with Gasteiger partial charge in [0.25, 0.3) is 5.91 Å². The second-order valence-electron chi connectivity index (χ2n) is 7.00. The molecule has 3 aromatic heterocycles. The molecule has 0 spiro atoms. The highest BCUT2D eigenvalue weighted by Gasteiger charge is 2.26. The van der Waals surface area contributed by atoms with Crippen LogP contribution in [0.15, 0.2) is 47.4 Å². The zero-order chi connectivity index (χ0) is 18.8. The first-order valence-electron chi connectivity index (χ1n) is 9.22. The fraction of sp³-hybridized carbons (Fsp3) is 0.333. The van der Waals surface area contributed by atoms with E-state index in [0.717, 1.165) is 47.7 Å². The molecule has 0 aromatic carbocycles. The van der Waals surface area contributed by atoms with Crippen LogP contribution in [0, 0.1) is 13.8 Å². The molecule has 27 heavy (non-hydrogen) atoms. The highest BCUT2D eigenvalue weighted by Crippen LogP contribution is 2.30. The van der Waals surface area contributed by atoms with E-state index in [4.69, 9.17) is 4.52 Å². The Balaban J connectivity index is 1.51. The highest BCUT2D eigenvalue weighted by molar-refractivity contribution is 5.94. The van der Waals surface area contributed by atoms with Gasteiger partial charge in [-0.3, -0.25) is 14.8 Å². The van der Waals surface area contributed by atoms with E-state index in [0.29, 0.717) is 12.1 Å². The fourth-order valence-electron chi connectivity index (χ4n) is 3.76. The Morgan fingerprint density at radius 1 is 1.22 bits per heavy atom. The number of aromatic nitrogens is 3. The predicted molar refractivity (Wildman–Crippen MR) is 101 cm³/mol. The summed E-state index contributed by atoms with van der Waals surface area (Å²) in [5.41, 5.74) is 4.54. The van der Waals surface area contributed by atoms with Gasteiger partial charge in [-0.15, -0.1) is 0 Å². The van der Waals surface area contributed by atoms with Gasteiger partial charge in [-0.25, -0.2) is 0 Å². The smallest absolute Gasteiger partial charge is 0.255 e. The van der Waals surface area contributed by atoms with Crippen LogP contribution in [0.2, 0.25) is 0 Å². The van der Waals surface area contributed by atoms with Crippen molar-refractivity contribution in [1.29, 1.82) is 0 Å². The van der Waals surface area contributed by atoms with E-state index in [9.17, 15) is 4.79 Å². The Hall–Kier alpha value is -3.02. The van der Waals surface area contributed by atoms with E-state index in [1.165, 1.54) is 0 Å². The predicted octanol–water partition coefficient (Wildman–Crippen LogP) is 3.77. The average Bonchev–Trinajstić information content (AvgIpc) is 3.06. The Kier molecular flexibility index (Phi) is 4.71. The van der Waals surface area contributed by atoms with E-state index in [-0.39, 0.29) is 11.8 Å². The summed E-state index contributed by atoms with van der Waals surface area (Å²) in [6.45, 7) is 5.31. The minimum absolute atomic E-state index is 0.0418. The number of rotatable bonds is 3. The number of likely N-dealkylation sites (tertiary alicyclic amines) is 1. The van der Waals surface area contributed by atoms with Crippen LogP contribution >= 0.6 is 0 Å². The lowest BCUT2D eigenvalue weighted by Crippen LogP contribution is -2.39. The summed E-state index contributed by atoms with van der Waals surface area (Å²) in [6.07, 6.45) is 7.20. The number of aryl methyl sites for hydroxylation is 2. The maximum Gasteiger partial charge on any atom is 0.255 e. The van der Waals surface area contributed by atoms with E-state index in [2.05, 4.69) is 27.3 Å². The van der Waals surface area contributed by atoms with Crippen LogP contribution in [0.1, 0.15) is 46.3 Å². The van der Waals surface area contributed by atoms with Gasteiger partial charge in [0.15, 0.2) is 0 Å². The number of pyridine rings is 2. The molecule has 0 bridgehead atoms. The first-order valence-corrected chi connectivity index (χ1v) is 9.22. The second kappa shape index (κ2) is 7.31. The molecule has 6 heteroatoms. The summed E-state index contributed by atoms with van der Waals surface area (Å²) in [5.74, 6) is 1.09. The molecule has 1 amide bonds. The molecule has 1 atom stereocenters. The first-order chi connectivity index (χ1) is 13.1. The Labute approximate surface area is 158 Å². The average molecular weight is 362 g/mol. The van der Waals surface area contributed by atoms with Gasteiger partial charge in [-0.1, -0.05) is 11.2 Å². The largest absolute Gasteiger partial charge is 0.361 e. The maximum absolute atomic E-state index is 12.7. The third-order valence-corrected chi connectivity index (χ3v) is 5.14. The molecule has 0 saturated carbocycles. The molecule has 0 aliphatic carbocycles. The van der Waals surface area contributed by atoms with Crippen molar-refractivity contribution in [2.24, 2.45) is 0 Å². The minimum Gasteiger partial charge on any atom is -0.361 e. The number of amides is 1. The molecule has 1 aliphatic heterocycles. The van der Waals surface area contributed by atoms with Gasteiger partial charge in [0.05, 0.1) is 11.3 Å². The maximum atomic E-state index is 12.7. The number of piperidine rings is 1. The van der Waals surface area contributed by atoms with E-state index in [1.807, 2.05) is 31.0 Å². The van der Waals surface area contributed by atoms with E-state index < -0.39 is 0 Å². The van der Waals surface area contributed by atoms with Crippen molar-refractivity contribution in [3.63, 3.8) is 0 Å². The van der Waals surface area contributed by atoms with Crippen molar-refractivity contribution in [3.05, 3.63) is 65.6 Å². The molecule has 0 radical (unpaired) electrons. The number of hydrogen-bond donors (Lipinski definition) is 0. The lowest BCUT2D eigenvalue weighted by atomic mass is 9.93. The molecule has 3 aromatic rings. The van der Waals surface area contributed by atoms with Crippen molar-refractivity contribution in [3.8, 4) is 11.1 Å². The number of carbonyl (C=O) groups excluding carboxylic acids is 1. The van der Waals surface area contributed by atoms with Crippen LogP contribution in [-0.4, -0.2) is 39.0 Å². The third kappa shape index (κ3) is 3.47. The number of hydrogen-bond acceptors (Lipinski definition) is 5. The molecule has 1 aliphatic rings. The molecule has 1 saturated heterocycles. The van der Waals surface area contributed by atoms with Gasteiger partial charge in [0, 0.05) is 54.4 Å². The highest BCUT2D eigenvalue weighted by atomic mass is 16.5. The Bertz CT molecular complexity index is 915. The van der Waals surface area contributed by atoms with Crippen LogP contribution in [0.5, 0.6) is 0 Å². The standard InChI is InChI=1S/C21H22N4O2/c1-14-20(15(2)27-24-14)16-7-8-19(23-12-16)18-6-4-10-25(13-18)21(26)17-5-3-9-22-11-17/h3,5,7-9,11-12,18H,4,6,10,13H2,1-2H3/t18-/m1/s1. The molecule has 138 valence electrons. The van der Waals surface area contributed by atoms with Crippen molar-refractivity contribution in [2.75, 3.05) is 13.1 Å². The Morgan fingerprint density at radius 3 is 2.78 bits per heavy atom. The fourth-order valence-corrected chi connectivity index (χ4v) is 3.76. The normalized spacial score (nSPS) is 17.1. The van der Waals surface area contributed by atoms with Gasteiger partial charge in [-0.05, 0) is 44.9 Å². The number of nitrogens with zero attached hydrogens (tertiary/aromatic N) is 4. The topological polar surface area (TPSA) is 72.1 Å². The summed E-state index contributed by atoms with van der Waals surface area (Å²) in [5, 5.41) is 4.01. The quantitative estimate of drug-likeness (QED) is 0.709. The van der Waals surface area contributed by atoms with Crippen LogP contribution in [0.4, 0.5) is 0 Å². The zero-order valence-electron chi connectivity index (χ0n) is 15.6. The molecule has 4 rings (SSSR count). The molecule has 4 heterocycles. The van der Waals surface area contributed by atoms with Crippen LogP contribution in [-0.2, 0) is 0 Å². The molecule has 0 unspecified atom stereocenters. The molecular weight excluding hydrogens is 340 g/mol. The summed E-state index contributed by atoms with van der Waals surface area (Å²) in [7, 11) is 0. The summed E-state index contributed by atoms with van der Waals surface area (Å²) >= 11 is 0. The van der Waals surface area contributed by atoms with Crippen LogP contribution in [0.25, 0.3) is 11.1 Å². The number of carbonyl (C=O) groups is 1. The molecule has 6 nitrogen and oxygen atoms in total. The summed E-state index contributed by atoms with van der Waals surface area (Å²) in [4.78, 5) is 23.4. The molecular formula is C21H22N4O2. The van der Waals surface area contributed by atoms with Gasteiger partial charge in [0.2, 0.25) is 0 Å². The van der Waals surface area contributed by atoms with Crippen molar-refractivity contribution >= 4 is 5.91 Å². The van der Waals surface area contributed by atoms with E-state index in [1.54, 1.807) is 18.5 Å². The minimum atomic E-state index is 0.0418. The van der Waals surface area contributed by atoms with Crippen molar-refractivity contribution in [1.82, 2.24) is 20.0 Å². The lowest BCUT2D eigenvalue weighted by Gasteiger charge is -2.32. The summed E-state index contributed by atoms with van der Waals surface area (Å²) in [6, 6.07) is 7.74. The van der Waals surface area contributed by atoms with Gasteiger partial charge >= 0.3 is 0 Å². The molecule has 0 N–H and O–H groups in total. The third-order valence-electron chi connectivity index (χ3n) is 5.14. The zero-order valence-corrected chi connectivity index (χ0v) is 15.6. The SMILES string of the molecule is Cc1noc(C)c1-c1ccc([C@@H]2CCCN(C(=O)c3cccnc3)C2)nc1. The molecule has 1 fully saturated rings. The Morgan fingerprint density at radius 2 is 2.11 bits per heavy atom. The second-order valence-corrected chi connectivity index (χ2v) is 7.00. The van der Waals surface area contributed by atoms with Crippen molar-refractivity contribution < 1.29 is 9.32 Å². The van der Waals surface area contributed by atoms with Crippen molar-refractivity contribution in [2.45, 2.75) is 32.6 Å². The van der Waals surface area contributed by atoms with Crippen LogP contribution in [0.3, 0.4) is 0 Å². The lowest BCUT2D eigenvalue weighted by molar-refractivity contribution is 0.0705. The summed E-state index contributed by atoms with van der Waals surface area (Å²) < 4.78 is 5.25. The monoisotopic (exact) mass is 362 g/mol. The first kappa shape index (κ1) is 17.4. The van der Waals surface area contributed by atoms with E-state index >= 15 is 0 Å². The van der Waals surface area contributed by atoms with Gasteiger partial charge in [0.1, 0.15) is 5.76 Å².